The summed E-state index contributed by atoms with van der Waals surface area (Å²) in [5, 5.41) is 9.57. The quantitative estimate of drug-likeness (QED) is 0.575. The summed E-state index contributed by atoms with van der Waals surface area (Å²) in [6.45, 7) is 2.55. The number of allylic oxidation sites excluding steroid dienone is 2. The van der Waals surface area contributed by atoms with Gasteiger partial charge in [0, 0.05) is 36.3 Å². The van der Waals surface area contributed by atoms with Gasteiger partial charge < -0.3 is 14.7 Å². The Kier molecular flexibility index (Phi) is 6.60. The largest absolute Gasteiger partial charge is 0.493 e. The van der Waals surface area contributed by atoms with E-state index in [9.17, 15) is 5.11 Å². The van der Waals surface area contributed by atoms with Crippen molar-refractivity contribution >= 4 is 17.3 Å². The molecule has 0 saturated heterocycles. The van der Waals surface area contributed by atoms with E-state index in [1.165, 1.54) is 17.7 Å². The molecule has 2 rings (SSSR count). The van der Waals surface area contributed by atoms with Crippen LogP contribution < -0.4 is 4.74 Å². The number of thioether (sulfide) groups is 1. The summed E-state index contributed by atoms with van der Waals surface area (Å²) in [6, 6.07) is 6.32. The molecule has 4 heteroatoms. The Hall–Kier alpha value is -1.39. The van der Waals surface area contributed by atoms with Crippen LogP contribution in [0.1, 0.15) is 25.3 Å². The topological polar surface area (TPSA) is 32.7 Å². The molecule has 0 aliphatic heterocycles. The summed E-state index contributed by atoms with van der Waals surface area (Å²) in [7, 11) is 4.00. The fraction of sp³-hybridized carbons (Fsp3) is 0.474. The number of aliphatic hydroxyl groups is 1. The van der Waals surface area contributed by atoms with Gasteiger partial charge in [-0.15, -0.1) is 11.8 Å². The Balaban J connectivity index is 2.36. The maximum Gasteiger partial charge on any atom is 0.127 e. The van der Waals surface area contributed by atoms with Gasteiger partial charge >= 0.3 is 0 Å². The average Bonchev–Trinajstić information content (AvgIpc) is 3.33. The van der Waals surface area contributed by atoms with Gasteiger partial charge in [-0.05, 0) is 50.1 Å². The third-order valence-electron chi connectivity index (χ3n) is 3.62. The fourth-order valence-electron chi connectivity index (χ4n) is 2.20. The van der Waals surface area contributed by atoms with Crippen molar-refractivity contribution in [3.63, 3.8) is 0 Å². The third kappa shape index (κ3) is 5.96. The minimum atomic E-state index is -0.472. The lowest BCUT2D eigenvalue weighted by Crippen LogP contribution is -2.05. The molecule has 0 aromatic heterocycles. The molecule has 1 saturated carbocycles. The highest BCUT2D eigenvalue weighted by Crippen LogP contribution is 2.34. The van der Waals surface area contributed by atoms with Crippen molar-refractivity contribution in [3.05, 3.63) is 42.1 Å². The molecule has 0 heterocycles. The zero-order chi connectivity index (χ0) is 16.8. The Labute approximate surface area is 144 Å². The molecule has 0 bridgehead atoms. The van der Waals surface area contributed by atoms with E-state index >= 15 is 0 Å². The third-order valence-corrected chi connectivity index (χ3v) is 4.35. The molecule has 1 aromatic rings. The van der Waals surface area contributed by atoms with Gasteiger partial charge in [0.2, 0.25) is 0 Å². The van der Waals surface area contributed by atoms with Crippen LogP contribution in [0.15, 0.2) is 41.4 Å². The first-order chi connectivity index (χ1) is 11.0. The lowest BCUT2D eigenvalue weighted by Gasteiger charge is -2.16. The van der Waals surface area contributed by atoms with Crippen molar-refractivity contribution in [3.8, 4) is 5.75 Å². The first kappa shape index (κ1) is 18.0. The van der Waals surface area contributed by atoms with E-state index in [-0.39, 0.29) is 0 Å². The monoisotopic (exact) mass is 333 g/mol. The predicted molar refractivity (Wildman–Crippen MR) is 98.9 cm³/mol. The Morgan fingerprint density at radius 2 is 2.17 bits per heavy atom. The van der Waals surface area contributed by atoms with Crippen molar-refractivity contribution in [2.24, 2.45) is 5.92 Å². The fourth-order valence-corrected chi connectivity index (χ4v) is 2.64. The summed E-state index contributed by atoms with van der Waals surface area (Å²) in [4.78, 5) is 3.21. The maximum atomic E-state index is 9.57. The summed E-state index contributed by atoms with van der Waals surface area (Å²) >= 11 is 1.72. The van der Waals surface area contributed by atoms with Gasteiger partial charge in [0.1, 0.15) is 5.75 Å². The van der Waals surface area contributed by atoms with Crippen LogP contribution in [0.3, 0.4) is 0 Å². The van der Waals surface area contributed by atoms with E-state index in [0.29, 0.717) is 0 Å². The van der Waals surface area contributed by atoms with Gasteiger partial charge in [-0.25, -0.2) is 0 Å². The second-order valence-corrected chi connectivity index (χ2v) is 7.14. The van der Waals surface area contributed by atoms with Crippen LogP contribution in [0.5, 0.6) is 5.75 Å². The van der Waals surface area contributed by atoms with E-state index < -0.39 is 6.10 Å². The van der Waals surface area contributed by atoms with Crippen molar-refractivity contribution in [1.29, 1.82) is 0 Å². The summed E-state index contributed by atoms with van der Waals surface area (Å²) in [5.74, 6) is 1.63. The molecular formula is C19H27NO2S. The van der Waals surface area contributed by atoms with Crippen LogP contribution in [0.25, 0.3) is 5.57 Å². The van der Waals surface area contributed by atoms with Crippen LogP contribution in [0, 0.1) is 5.92 Å². The SMILES string of the molecule is CSc1ccc(OCC2CC2)c(C(/C=C\C(C)O)=C/N(C)C)c1. The van der Waals surface area contributed by atoms with Gasteiger partial charge in [-0.2, -0.15) is 0 Å². The van der Waals surface area contributed by atoms with E-state index in [2.05, 4.69) is 30.7 Å². The minimum absolute atomic E-state index is 0.472. The van der Waals surface area contributed by atoms with Crippen LogP contribution in [0.4, 0.5) is 0 Å². The van der Waals surface area contributed by atoms with E-state index in [1.807, 2.05) is 25.1 Å². The Morgan fingerprint density at radius 3 is 2.74 bits per heavy atom. The molecule has 0 spiro atoms. The summed E-state index contributed by atoms with van der Waals surface area (Å²) < 4.78 is 6.06. The van der Waals surface area contributed by atoms with E-state index in [4.69, 9.17) is 4.74 Å². The van der Waals surface area contributed by atoms with Crippen molar-refractivity contribution in [2.45, 2.75) is 30.8 Å². The second kappa shape index (κ2) is 8.46. The van der Waals surface area contributed by atoms with E-state index in [1.54, 1.807) is 24.8 Å². The molecule has 1 aliphatic rings. The molecule has 1 unspecified atom stereocenters. The van der Waals surface area contributed by atoms with Crippen molar-refractivity contribution in [2.75, 3.05) is 27.0 Å². The highest BCUT2D eigenvalue weighted by molar-refractivity contribution is 7.98. The smallest absolute Gasteiger partial charge is 0.127 e. The Morgan fingerprint density at radius 1 is 1.43 bits per heavy atom. The summed E-state index contributed by atoms with van der Waals surface area (Å²) in [5.41, 5.74) is 2.11. The number of hydrogen-bond acceptors (Lipinski definition) is 4. The molecule has 1 aliphatic carbocycles. The highest BCUT2D eigenvalue weighted by atomic mass is 32.2. The van der Waals surface area contributed by atoms with Crippen LogP contribution >= 0.6 is 11.8 Å². The minimum Gasteiger partial charge on any atom is -0.493 e. The molecular weight excluding hydrogens is 306 g/mol. The number of rotatable bonds is 8. The first-order valence-corrected chi connectivity index (χ1v) is 9.27. The number of aliphatic hydroxyl groups excluding tert-OH is 1. The molecule has 0 amide bonds. The number of ether oxygens (including phenoxy) is 1. The second-order valence-electron chi connectivity index (χ2n) is 6.26. The van der Waals surface area contributed by atoms with Crippen LogP contribution in [-0.4, -0.2) is 43.1 Å². The Bertz CT molecular complexity index is 575. The van der Waals surface area contributed by atoms with Crippen molar-refractivity contribution < 1.29 is 9.84 Å². The van der Waals surface area contributed by atoms with Gasteiger partial charge in [0.15, 0.2) is 0 Å². The summed E-state index contributed by atoms with van der Waals surface area (Å²) in [6.07, 6.45) is 9.98. The highest BCUT2D eigenvalue weighted by Gasteiger charge is 2.22. The average molecular weight is 333 g/mol. The molecule has 0 radical (unpaired) electrons. The zero-order valence-corrected chi connectivity index (χ0v) is 15.3. The first-order valence-electron chi connectivity index (χ1n) is 8.05. The van der Waals surface area contributed by atoms with Gasteiger partial charge in [-0.3, -0.25) is 0 Å². The molecule has 23 heavy (non-hydrogen) atoms. The lowest BCUT2D eigenvalue weighted by atomic mass is 10.0. The lowest BCUT2D eigenvalue weighted by molar-refractivity contribution is 0.244. The molecule has 126 valence electrons. The van der Waals surface area contributed by atoms with Gasteiger partial charge in [0.25, 0.3) is 0 Å². The molecule has 1 atom stereocenters. The normalized spacial score (nSPS) is 16.7. The zero-order valence-electron chi connectivity index (χ0n) is 14.5. The maximum absolute atomic E-state index is 9.57. The number of hydrogen-bond donors (Lipinski definition) is 1. The molecule has 1 aromatic carbocycles. The molecule has 1 N–H and O–H groups in total. The standard InChI is InChI=1S/C19H27NO2S/c1-14(21)5-8-16(12-20(2)3)18-11-17(23-4)9-10-19(18)22-13-15-6-7-15/h5,8-12,14-15,21H,6-7,13H2,1-4H3/b8-5-,16-12+. The van der Waals surface area contributed by atoms with Gasteiger partial charge in [-0.1, -0.05) is 12.2 Å². The number of nitrogens with zero attached hydrogens (tertiary/aromatic N) is 1. The van der Waals surface area contributed by atoms with Gasteiger partial charge in [0.05, 0.1) is 12.7 Å². The van der Waals surface area contributed by atoms with Crippen LogP contribution in [0.2, 0.25) is 0 Å². The predicted octanol–water partition coefficient (Wildman–Crippen LogP) is 4.04. The molecule has 3 nitrogen and oxygen atoms in total. The van der Waals surface area contributed by atoms with Crippen molar-refractivity contribution in [1.82, 2.24) is 4.90 Å². The van der Waals surface area contributed by atoms with E-state index in [0.717, 1.165) is 29.4 Å². The van der Waals surface area contributed by atoms with Crippen LogP contribution in [-0.2, 0) is 0 Å². The number of benzene rings is 1. The molecule has 1 fully saturated rings.